The summed E-state index contributed by atoms with van der Waals surface area (Å²) in [5.74, 6) is 0.0139. The van der Waals surface area contributed by atoms with Gasteiger partial charge in [-0.3, -0.25) is 4.79 Å². The second-order valence-corrected chi connectivity index (χ2v) is 8.27. The summed E-state index contributed by atoms with van der Waals surface area (Å²) in [5.41, 5.74) is 5.50. The van der Waals surface area contributed by atoms with E-state index >= 15 is 0 Å². The van der Waals surface area contributed by atoms with E-state index in [-0.39, 0.29) is 17.3 Å². The van der Waals surface area contributed by atoms with Crippen LogP contribution in [0.25, 0.3) is 0 Å². The van der Waals surface area contributed by atoms with E-state index in [2.05, 4.69) is 5.32 Å². The van der Waals surface area contributed by atoms with E-state index in [1.807, 2.05) is 0 Å². The van der Waals surface area contributed by atoms with Crippen LogP contribution in [0.15, 0.2) is 29.2 Å². The average molecular weight is 374 g/mol. The molecule has 8 heteroatoms. The molecule has 2 fully saturated rings. The van der Waals surface area contributed by atoms with Crippen LogP contribution in [0.1, 0.15) is 36.0 Å². The van der Waals surface area contributed by atoms with E-state index in [0.717, 1.165) is 19.4 Å². The fourth-order valence-electron chi connectivity index (χ4n) is 3.57. The van der Waals surface area contributed by atoms with Gasteiger partial charge < -0.3 is 11.1 Å². The number of nitrogens with two attached hydrogens (primary N) is 1. The second-order valence-electron chi connectivity index (χ2n) is 6.33. The molecule has 1 aromatic carbocycles. The highest BCUT2D eigenvalue weighted by Crippen LogP contribution is 2.28. The lowest BCUT2D eigenvalue weighted by atomic mass is 9.89. The van der Waals surface area contributed by atoms with Crippen molar-refractivity contribution in [2.45, 2.75) is 36.6 Å². The molecule has 1 atom stereocenters. The Hall–Kier alpha value is -1.15. The Labute approximate surface area is 149 Å². The van der Waals surface area contributed by atoms with Crippen LogP contribution in [-0.2, 0) is 10.0 Å². The zero-order valence-electron chi connectivity index (χ0n) is 13.5. The predicted octanol–water partition coefficient (Wildman–Crippen LogP) is 1.36. The van der Waals surface area contributed by atoms with Crippen LogP contribution in [0.4, 0.5) is 0 Å². The molecule has 3 rings (SSSR count). The van der Waals surface area contributed by atoms with Crippen molar-refractivity contribution in [3.05, 3.63) is 29.8 Å². The molecule has 0 spiro atoms. The highest BCUT2D eigenvalue weighted by molar-refractivity contribution is 7.89. The van der Waals surface area contributed by atoms with Crippen LogP contribution in [-0.4, -0.2) is 44.3 Å². The van der Waals surface area contributed by atoms with Crippen molar-refractivity contribution < 1.29 is 13.2 Å². The molecule has 0 aromatic heterocycles. The van der Waals surface area contributed by atoms with Gasteiger partial charge in [0.05, 0.1) is 4.90 Å². The highest BCUT2D eigenvalue weighted by atomic mass is 35.5. The quantitative estimate of drug-likeness (QED) is 0.833. The highest BCUT2D eigenvalue weighted by Gasteiger charge is 2.33. The third kappa shape index (κ3) is 3.91. The Morgan fingerprint density at radius 2 is 1.75 bits per heavy atom. The molecule has 0 radical (unpaired) electrons. The first-order valence-corrected chi connectivity index (χ1v) is 9.56. The van der Waals surface area contributed by atoms with Gasteiger partial charge in [0.1, 0.15) is 0 Å². The molecule has 2 heterocycles. The number of benzene rings is 1. The van der Waals surface area contributed by atoms with E-state index in [1.165, 1.54) is 37.1 Å². The first-order valence-electron chi connectivity index (χ1n) is 8.12. The lowest BCUT2D eigenvalue weighted by Gasteiger charge is -2.34. The summed E-state index contributed by atoms with van der Waals surface area (Å²) in [6.07, 6.45) is 4.22. The summed E-state index contributed by atoms with van der Waals surface area (Å²) < 4.78 is 26.9. The SMILES string of the molecule is Cl.NC(=O)c1ccc(S(=O)(=O)N2CCC(C3CCCN3)CC2)cc1. The number of sulfonamides is 1. The van der Waals surface area contributed by atoms with Crippen LogP contribution in [0.2, 0.25) is 0 Å². The molecular formula is C16H24ClN3O3S. The van der Waals surface area contributed by atoms with Gasteiger partial charge in [-0.05, 0) is 62.4 Å². The van der Waals surface area contributed by atoms with Gasteiger partial charge in [0.2, 0.25) is 15.9 Å². The Morgan fingerprint density at radius 1 is 1.12 bits per heavy atom. The number of rotatable bonds is 4. The smallest absolute Gasteiger partial charge is 0.248 e. The van der Waals surface area contributed by atoms with E-state index in [4.69, 9.17) is 5.73 Å². The summed E-state index contributed by atoms with van der Waals surface area (Å²) in [6, 6.07) is 6.39. The Morgan fingerprint density at radius 3 is 2.25 bits per heavy atom. The average Bonchev–Trinajstić information content (AvgIpc) is 3.09. The molecule has 0 aliphatic carbocycles. The summed E-state index contributed by atoms with van der Waals surface area (Å²) in [5, 5.41) is 3.52. The number of carbonyl (C=O) groups excluding carboxylic acids is 1. The van der Waals surface area contributed by atoms with E-state index in [9.17, 15) is 13.2 Å². The largest absolute Gasteiger partial charge is 0.366 e. The molecule has 6 nitrogen and oxygen atoms in total. The summed E-state index contributed by atoms with van der Waals surface area (Å²) >= 11 is 0. The van der Waals surface area contributed by atoms with Crippen molar-refractivity contribution in [3.63, 3.8) is 0 Å². The van der Waals surface area contributed by atoms with Crippen LogP contribution < -0.4 is 11.1 Å². The summed E-state index contributed by atoms with van der Waals surface area (Å²) in [6.45, 7) is 2.20. The summed E-state index contributed by atoms with van der Waals surface area (Å²) in [7, 11) is -3.49. The molecule has 134 valence electrons. The fraction of sp³-hybridized carbons (Fsp3) is 0.562. The second kappa shape index (κ2) is 7.82. The van der Waals surface area contributed by atoms with Crippen molar-refractivity contribution in [1.29, 1.82) is 0 Å². The molecule has 2 aliphatic rings. The Kier molecular flexibility index (Phi) is 6.25. The van der Waals surface area contributed by atoms with Crippen molar-refractivity contribution in [3.8, 4) is 0 Å². The number of hydrogen-bond acceptors (Lipinski definition) is 4. The summed E-state index contributed by atoms with van der Waals surface area (Å²) in [4.78, 5) is 11.3. The molecule has 24 heavy (non-hydrogen) atoms. The molecule has 1 amide bonds. The predicted molar refractivity (Wildman–Crippen MR) is 94.7 cm³/mol. The zero-order valence-corrected chi connectivity index (χ0v) is 15.1. The fourth-order valence-corrected chi connectivity index (χ4v) is 5.04. The van der Waals surface area contributed by atoms with Crippen molar-refractivity contribution in [2.24, 2.45) is 11.7 Å². The maximum atomic E-state index is 12.7. The normalized spacial score (nSPS) is 22.9. The Bertz CT molecular complexity index is 664. The van der Waals surface area contributed by atoms with Gasteiger partial charge in [-0.25, -0.2) is 8.42 Å². The number of primary amides is 1. The minimum absolute atomic E-state index is 0. The lowest BCUT2D eigenvalue weighted by molar-refractivity contribution is 0.1000. The van der Waals surface area contributed by atoms with E-state index in [0.29, 0.717) is 30.6 Å². The van der Waals surface area contributed by atoms with Gasteiger partial charge in [0.25, 0.3) is 0 Å². The molecule has 2 aliphatic heterocycles. The number of nitrogens with one attached hydrogen (secondary N) is 1. The van der Waals surface area contributed by atoms with E-state index < -0.39 is 15.9 Å². The maximum Gasteiger partial charge on any atom is 0.248 e. The number of halogens is 1. The van der Waals surface area contributed by atoms with Gasteiger partial charge >= 0.3 is 0 Å². The third-order valence-corrected chi connectivity index (χ3v) is 6.86. The van der Waals surface area contributed by atoms with Crippen LogP contribution >= 0.6 is 12.4 Å². The lowest BCUT2D eigenvalue weighted by Crippen LogP contribution is -2.43. The monoisotopic (exact) mass is 373 g/mol. The molecule has 3 N–H and O–H groups in total. The maximum absolute atomic E-state index is 12.7. The number of piperidine rings is 1. The molecule has 0 saturated carbocycles. The Balaban J connectivity index is 0.00000208. The molecule has 2 saturated heterocycles. The van der Waals surface area contributed by atoms with Gasteiger partial charge in [-0.1, -0.05) is 0 Å². The number of nitrogens with zero attached hydrogens (tertiary/aromatic N) is 1. The van der Waals surface area contributed by atoms with Crippen molar-refractivity contribution in [1.82, 2.24) is 9.62 Å². The molecule has 1 unspecified atom stereocenters. The first kappa shape index (κ1) is 19.2. The minimum Gasteiger partial charge on any atom is -0.366 e. The molecular weight excluding hydrogens is 350 g/mol. The number of hydrogen-bond donors (Lipinski definition) is 2. The topological polar surface area (TPSA) is 92.5 Å². The molecule has 1 aromatic rings. The van der Waals surface area contributed by atoms with Crippen molar-refractivity contribution in [2.75, 3.05) is 19.6 Å². The number of carbonyl (C=O) groups is 1. The zero-order chi connectivity index (χ0) is 16.4. The van der Waals surface area contributed by atoms with Gasteiger partial charge in [-0.2, -0.15) is 4.31 Å². The van der Waals surface area contributed by atoms with Crippen LogP contribution in [0.5, 0.6) is 0 Å². The van der Waals surface area contributed by atoms with Gasteiger partial charge in [-0.15, -0.1) is 12.4 Å². The van der Waals surface area contributed by atoms with Crippen molar-refractivity contribution >= 4 is 28.3 Å². The molecule has 0 bridgehead atoms. The first-order chi connectivity index (χ1) is 11.0. The van der Waals surface area contributed by atoms with Gasteiger partial charge in [0, 0.05) is 24.7 Å². The van der Waals surface area contributed by atoms with Crippen LogP contribution in [0.3, 0.4) is 0 Å². The van der Waals surface area contributed by atoms with Crippen LogP contribution in [0, 0.1) is 5.92 Å². The van der Waals surface area contributed by atoms with E-state index in [1.54, 1.807) is 4.31 Å². The standard InChI is InChI=1S/C16H23N3O3S.ClH/c17-16(20)13-3-5-14(6-4-13)23(21,22)19-10-7-12(8-11-19)15-2-1-9-18-15;/h3-6,12,15,18H,1-2,7-11H2,(H2,17,20);1H. The third-order valence-electron chi connectivity index (χ3n) is 4.94. The van der Waals surface area contributed by atoms with Gasteiger partial charge in [0.15, 0.2) is 0 Å². The number of amides is 1. The minimum atomic E-state index is -3.49.